The molecule has 3 atom stereocenters. The molecular weight excluding hydrogens is 252 g/mol. The summed E-state index contributed by atoms with van der Waals surface area (Å²) in [4.78, 5) is 13.8. The van der Waals surface area contributed by atoms with Crippen molar-refractivity contribution in [2.45, 2.75) is 32.5 Å². The fourth-order valence-corrected chi connectivity index (χ4v) is 3.12. The molecular formula is C16H22N2O2. The molecule has 0 radical (unpaired) electrons. The summed E-state index contributed by atoms with van der Waals surface area (Å²) in [7, 11) is 0. The standard InChI is InChI=1S/C16H22N2O2/c1-11(2)17-15-13-8-18(9-14(13)15)16(19)20-10-12-6-4-3-5-7-12/h3-7,11,13-15,17H,8-10H2,1-2H3/t13-,14+,15+. The number of amides is 1. The molecule has 2 aliphatic rings. The molecule has 0 unspecified atom stereocenters. The van der Waals surface area contributed by atoms with Crippen molar-refractivity contribution < 1.29 is 9.53 Å². The smallest absolute Gasteiger partial charge is 0.410 e. The summed E-state index contributed by atoms with van der Waals surface area (Å²) in [5, 5.41) is 3.56. The van der Waals surface area contributed by atoms with Crippen molar-refractivity contribution in [1.82, 2.24) is 10.2 Å². The van der Waals surface area contributed by atoms with Crippen LogP contribution in [0.4, 0.5) is 4.79 Å². The normalized spacial score (nSPS) is 27.6. The Morgan fingerprint density at radius 1 is 1.30 bits per heavy atom. The van der Waals surface area contributed by atoms with Gasteiger partial charge in [0, 0.05) is 25.2 Å². The molecule has 4 nitrogen and oxygen atoms in total. The number of likely N-dealkylation sites (tertiary alicyclic amines) is 1. The fraction of sp³-hybridized carbons (Fsp3) is 0.562. The lowest BCUT2D eigenvalue weighted by atomic mass is 10.2. The molecule has 1 aliphatic heterocycles. The van der Waals surface area contributed by atoms with Crippen LogP contribution >= 0.6 is 0 Å². The van der Waals surface area contributed by atoms with Gasteiger partial charge in [-0.15, -0.1) is 0 Å². The van der Waals surface area contributed by atoms with E-state index in [0.717, 1.165) is 18.7 Å². The van der Waals surface area contributed by atoms with Crippen molar-refractivity contribution >= 4 is 6.09 Å². The lowest BCUT2D eigenvalue weighted by Gasteiger charge is -2.20. The molecule has 20 heavy (non-hydrogen) atoms. The van der Waals surface area contributed by atoms with Gasteiger partial charge in [0.2, 0.25) is 0 Å². The second-order valence-electron chi connectivity index (χ2n) is 6.12. The minimum Gasteiger partial charge on any atom is -0.445 e. The van der Waals surface area contributed by atoms with Crippen molar-refractivity contribution in [2.75, 3.05) is 13.1 Å². The van der Waals surface area contributed by atoms with Crippen LogP contribution in [-0.4, -0.2) is 36.2 Å². The van der Waals surface area contributed by atoms with Crippen molar-refractivity contribution in [3.8, 4) is 0 Å². The molecule has 2 fully saturated rings. The molecule has 1 saturated carbocycles. The van der Waals surface area contributed by atoms with Crippen LogP contribution in [0.1, 0.15) is 19.4 Å². The zero-order chi connectivity index (χ0) is 14.1. The summed E-state index contributed by atoms with van der Waals surface area (Å²) < 4.78 is 5.36. The molecule has 0 aromatic heterocycles. The highest BCUT2D eigenvalue weighted by molar-refractivity contribution is 5.68. The molecule has 0 spiro atoms. The highest BCUT2D eigenvalue weighted by Crippen LogP contribution is 2.45. The van der Waals surface area contributed by atoms with Gasteiger partial charge in [0.1, 0.15) is 6.61 Å². The largest absolute Gasteiger partial charge is 0.445 e. The van der Waals surface area contributed by atoms with Crippen LogP contribution in [0.5, 0.6) is 0 Å². The Labute approximate surface area is 120 Å². The summed E-state index contributed by atoms with van der Waals surface area (Å²) in [6, 6.07) is 10.9. The Balaban J connectivity index is 1.43. The average molecular weight is 274 g/mol. The third-order valence-corrected chi connectivity index (χ3v) is 4.18. The van der Waals surface area contributed by atoms with Gasteiger partial charge in [0.15, 0.2) is 0 Å². The lowest BCUT2D eigenvalue weighted by Crippen LogP contribution is -2.37. The topological polar surface area (TPSA) is 41.6 Å². The van der Waals surface area contributed by atoms with Crippen molar-refractivity contribution in [3.63, 3.8) is 0 Å². The van der Waals surface area contributed by atoms with Gasteiger partial charge in [-0.05, 0) is 17.4 Å². The van der Waals surface area contributed by atoms with E-state index in [1.54, 1.807) is 0 Å². The van der Waals surface area contributed by atoms with Crippen LogP contribution in [0.25, 0.3) is 0 Å². The second-order valence-corrected chi connectivity index (χ2v) is 6.12. The number of carbonyl (C=O) groups is 1. The Kier molecular flexibility index (Phi) is 3.66. The van der Waals surface area contributed by atoms with Gasteiger partial charge in [0.05, 0.1) is 0 Å². The Hall–Kier alpha value is -1.55. The molecule has 0 bridgehead atoms. The van der Waals surface area contributed by atoms with Gasteiger partial charge in [-0.25, -0.2) is 4.79 Å². The van der Waals surface area contributed by atoms with Gasteiger partial charge >= 0.3 is 6.09 Å². The number of rotatable bonds is 4. The number of hydrogen-bond acceptors (Lipinski definition) is 3. The molecule has 4 heteroatoms. The van der Waals surface area contributed by atoms with E-state index >= 15 is 0 Å². The van der Waals surface area contributed by atoms with Crippen molar-refractivity contribution in [2.24, 2.45) is 11.8 Å². The summed E-state index contributed by atoms with van der Waals surface area (Å²) in [5.41, 5.74) is 1.03. The third-order valence-electron chi connectivity index (χ3n) is 4.18. The SMILES string of the molecule is CC(C)N[C@H]1[C@@H]2CN(C(=O)OCc3ccccc3)C[C@@H]21. The van der Waals surface area contributed by atoms with E-state index in [1.165, 1.54) is 0 Å². The maximum Gasteiger partial charge on any atom is 0.410 e. The molecule has 108 valence electrons. The van der Waals surface area contributed by atoms with E-state index in [1.807, 2.05) is 35.2 Å². The van der Waals surface area contributed by atoms with Crippen LogP contribution in [0.15, 0.2) is 30.3 Å². The maximum absolute atomic E-state index is 12.0. The van der Waals surface area contributed by atoms with Crippen LogP contribution in [0.3, 0.4) is 0 Å². The Morgan fingerprint density at radius 3 is 2.55 bits per heavy atom. The molecule has 1 N–H and O–H groups in total. The van der Waals surface area contributed by atoms with E-state index in [-0.39, 0.29) is 6.09 Å². The summed E-state index contributed by atoms with van der Waals surface area (Å²) in [6.45, 7) is 6.37. The van der Waals surface area contributed by atoms with Gasteiger partial charge in [-0.1, -0.05) is 44.2 Å². The monoisotopic (exact) mass is 274 g/mol. The van der Waals surface area contributed by atoms with Gasteiger partial charge in [-0.2, -0.15) is 0 Å². The van der Waals surface area contributed by atoms with Gasteiger partial charge in [0.25, 0.3) is 0 Å². The fourth-order valence-electron chi connectivity index (χ4n) is 3.12. The predicted molar refractivity (Wildman–Crippen MR) is 77.2 cm³/mol. The number of fused-ring (bicyclic) bond motifs is 1. The molecule has 1 aliphatic carbocycles. The first-order valence-electron chi connectivity index (χ1n) is 7.37. The number of benzene rings is 1. The maximum atomic E-state index is 12.0. The van der Waals surface area contributed by atoms with Crippen LogP contribution < -0.4 is 5.32 Å². The average Bonchev–Trinajstić information content (AvgIpc) is 2.89. The minimum atomic E-state index is -0.177. The third kappa shape index (κ3) is 2.80. The highest BCUT2D eigenvalue weighted by Gasteiger charge is 2.56. The molecule has 1 aromatic rings. The quantitative estimate of drug-likeness (QED) is 0.915. The number of nitrogens with one attached hydrogen (secondary N) is 1. The summed E-state index contributed by atoms with van der Waals surface area (Å²) >= 11 is 0. The molecule has 1 saturated heterocycles. The molecule has 1 amide bonds. The van der Waals surface area contributed by atoms with Crippen LogP contribution in [0.2, 0.25) is 0 Å². The van der Waals surface area contributed by atoms with E-state index in [0.29, 0.717) is 30.5 Å². The van der Waals surface area contributed by atoms with Crippen molar-refractivity contribution in [3.05, 3.63) is 35.9 Å². The summed E-state index contributed by atoms with van der Waals surface area (Å²) in [5.74, 6) is 1.25. The van der Waals surface area contributed by atoms with E-state index in [2.05, 4.69) is 19.2 Å². The number of carbonyl (C=O) groups excluding carboxylic acids is 1. The first-order chi connectivity index (χ1) is 9.65. The molecule has 1 aromatic carbocycles. The first-order valence-corrected chi connectivity index (χ1v) is 7.37. The lowest BCUT2D eigenvalue weighted by molar-refractivity contribution is 0.0992. The first kappa shape index (κ1) is 13.4. The van der Waals surface area contributed by atoms with Gasteiger partial charge in [-0.3, -0.25) is 0 Å². The Bertz CT molecular complexity index is 463. The van der Waals surface area contributed by atoms with E-state index in [9.17, 15) is 4.79 Å². The zero-order valence-electron chi connectivity index (χ0n) is 12.1. The van der Waals surface area contributed by atoms with Crippen LogP contribution in [-0.2, 0) is 11.3 Å². The molecule has 1 heterocycles. The second kappa shape index (κ2) is 5.44. The summed E-state index contributed by atoms with van der Waals surface area (Å²) in [6.07, 6.45) is -0.177. The predicted octanol–water partition coefficient (Wildman–Crippen LogP) is 2.25. The molecule has 3 rings (SSSR count). The Morgan fingerprint density at radius 2 is 1.95 bits per heavy atom. The van der Waals surface area contributed by atoms with E-state index in [4.69, 9.17) is 4.74 Å². The highest BCUT2D eigenvalue weighted by atomic mass is 16.6. The number of hydrogen-bond donors (Lipinski definition) is 1. The zero-order valence-corrected chi connectivity index (χ0v) is 12.1. The van der Waals surface area contributed by atoms with E-state index < -0.39 is 0 Å². The number of nitrogens with zero attached hydrogens (tertiary/aromatic N) is 1. The number of ether oxygens (including phenoxy) is 1. The number of piperidine rings is 1. The minimum absolute atomic E-state index is 0.177. The van der Waals surface area contributed by atoms with Crippen molar-refractivity contribution in [1.29, 1.82) is 0 Å². The van der Waals surface area contributed by atoms with Crippen LogP contribution in [0, 0.1) is 11.8 Å². The van der Waals surface area contributed by atoms with Gasteiger partial charge < -0.3 is 15.0 Å².